The van der Waals surface area contributed by atoms with Crippen LogP contribution in [0.1, 0.15) is 25.7 Å². The Bertz CT molecular complexity index is 469. The molecule has 1 aliphatic rings. The summed E-state index contributed by atoms with van der Waals surface area (Å²) in [5.74, 6) is -0.251. The Morgan fingerprint density at radius 2 is 2.26 bits per heavy atom. The Balaban J connectivity index is 2.10. The number of likely N-dealkylation sites (N-methyl/N-ethyl adjacent to an activating group) is 1. The molecule has 5 heteroatoms. The first-order valence-electron chi connectivity index (χ1n) is 6.47. The third-order valence-corrected chi connectivity index (χ3v) is 5.57. The number of nitrogens with one attached hydrogen (secondary N) is 1. The van der Waals surface area contributed by atoms with Gasteiger partial charge in [0.15, 0.2) is 0 Å². The normalized spacial score (nSPS) is 27.2. The predicted octanol–water partition coefficient (Wildman–Crippen LogP) is 2.82. The van der Waals surface area contributed by atoms with Crippen LogP contribution in [0.4, 0.5) is 0 Å². The van der Waals surface area contributed by atoms with E-state index >= 15 is 0 Å². The van der Waals surface area contributed by atoms with Crippen LogP contribution in [0.15, 0.2) is 29.2 Å². The van der Waals surface area contributed by atoms with Crippen molar-refractivity contribution in [1.29, 1.82) is 0 Å². The molecule has 19 heavy (non-hydrogen) atoms. The largest absolute Gasteiger partial charge is 0.368 e. The zero-order valence-corrected chi connectivity index (χ0v) is 12.6. The minimum absolute atomic E-state index is 0.251. The number of carbonyl (C=O) groups excluding carboxylic acids is 1. The monoisotopic (exact) mass is 298 g/mol. The van der Waals surface area contributed by atoms with Gasteiger partial charge in [-0.1, -0.05) is 23.7 Å². The van der Waals surface area contributed by atoms with Gasteiger partial charge in [-0.2, -0.15) is 0 Å². The third-order valence-electron chi connectivity index (χ3n) is 3.79. The highest BCUT2D eigenvalue weighted by Gasteiger charge is 2.40. The van der Waals surface area contributed by atoms with Gasteiger partial charge in [0.2, 0.25) is 5.91 Å². The molecule has 0 aliphatic heterocycles. The SMILES string of the molecule is CNC1(C(N)=O)CCCC(Sc2ccccc2Cl)C1. The maximum absolute atomic E-state index is 11.7. The molecule has 3 nitrogen and oxygen atoms in total. The van der Waals surface area contributed by atoms with Crippen molar-refractivity contribution in [3.05, 3.63) is 29.3 Å². The van der Waals surface area contributed by atoms with Crippen LogP contribution in [0.25, 0.3) is 0 Å². The molecule has 0 aromatic heterocycles. The van der Waals surface area contributed by atoms with Crippen LogP contribution in [-0.4, -0.2) is 23.7 Å². The van der Waals surface area contributed by atoms with Gasteiger partial charge >= 0.3 is 0 Å². The van der Waals surface area contributed by atoms with Crippen molar-refractivity contribution in [3.8, 4) is 0 Å². The van der Waals surface area contributed by atoms with Crippen LogP contribution >= 0.6 is 23.4 Å². The number of benzene rings is 1. The second kappa shape index (κ2) is 6.16. The van der Waals surface area contributed by atoms with Gasteiger partial charge in [-0.05, 0) is 44.9 Å². The second-order valence-electron chi connectivity index (χ2n) is 4.96. The Kier molecular flexibility index (Phi) is 4.76. The van der Waals surface area contributed by atoms with Gasteiger partial charge in [0.05, 0.1) is 10.6 Å². The lowest BCUT2D eigenvalue weighted by Gasteiger charge is -2.38. The standard InChI is InChI=1S/C14H19ClN2OS/c1-17-14(13(16)18)8-4-5-10(9-14)19-12-7-3-2-6-11(12)15/h2-3,6-7,10,17H,4-5,8-9H2,1H3,(H2,16,18). The maximum atomic E-state index is 11.7. The lowest BCUT2D eigenvalue weighted by Crippen LogP contribution is -2.57. The first-order chi connectivity index (χ1) is 9.07. The Hall–Kier alpha value is -0.710. The number of hydrogen-bond acceptors (Lipinski definition) is 3. The van der Waals surface area contributed by atoms with Crippen molar-refractivity contribution in [3.63, 3.8) is 0 Å². The van der Waals surface area contributed by atoms with Gasteiger partial charge < -0.3 is 11.1 Å². The fourth-order valence-corrected chi connectivity index (χ4v) is 4.24. The van der Waals surface area contributed by atoms with E-state index in [0.717, 1.165) is 35.6 Å². The molecular formula is C14H19ClN2OS. The van der Waals surface area contributed by atoms with Gasteiger partial charge in [0.25, 0.3) is 0 Å². The average molecular weight is 299 g/mol. The van der Waals surface area contributed by atoms with Crippen molar-refractivity contribution in [1.82, 2.24) is 5.32 Å². The molecule has 1 saturated carbocycles. The fourth-order valence-electron chi connectivity index (χ4n) is 2.62. The number of amides is 1. The molecule has 1 aromatic carbocycles. The second-order valence-corrected chi connectivity index (χ2v) is 6.71. The molecule has 1 aliphatic carbocycles. The van der Waals surface area contributed by atoms with Crippen LogP contribution in [0.2, 0.25) is 5.02 Å². The number of hydrogen-bond donors (Lipinski definition) is 2. The molecule has 2 atom stereocenters. The maximum Gasteiger partial charge on any atom is 0.237 e. The first-order valence-corrected chi connectivity index (χ1v) is 7.73. The highest BCUT2D eigenvalue weighted by atomic mass is 35.5. The van der Waals surface area contributed by atoms with E-state index in [1.165, 1.54) is 0 Å². The van der Waals surface area contributed by atoms with Gasteiger partial charge in [0.1, 0.15) is 0 Å². The molecule has 2 unspecified atom stereocenters. The highest BCUT2D eigenvalue weighted by molar-refractivity contribution is 8.00. The molecule has 0 saturated heterocycles. The number of rotatable bonds is 4. The van der Waals surface area contributed by atoms with Gasteiger partial charge in [0, 0.05) is 10.1 Å². The van der Waals surface area contributed by atoms with Crippen molar-refractivity contribution in [2.24, 2.45) is 5.73 Å². The summed E-state index contributed by atoms with van der Waals surface area (Å²) >= 11 is 7.93. The lowest BCUT2D eigenvalue weighted by atomic mass is 9.81. The summed E-state index contributed by atoms with van der Waals surface area (Å²) in [6.07, 6.45) is 3.67. The molecule has 1 amide bonds. The molecule has 0 heterocycles. The summed E-state index contributed by atoms with van der Waals surface area (Å²) in [4.78, 5) is 12.8. The number of thioether (sulfide) groups is 1. The van der Waals surface area contributed by atoms with Crippen molar-refractivity contribution < 1.29 is 4.79 Å². The minimum Gasteiger partial charge on any atom is -0.368 e. The summed E-state index contributed by atoms with van der Waals surface area (Å²) in [5, 5.41) is 4.27. The van der Waals surface area contributed by atoms with Crippen molar-refractivity contribution >= 4 is 29.3 Å². The van der Waals surface area contributed by atoms with Gasteiger partial charge in [-0.25, -0.2) is 0 Å². The van der Waals surface area contributed by atoms with E-state index in [2.05, 4.69) is 5.32 Å². The van der Waals surface area contributed by atoms with E-state index in [9.17, 15) is 4.79 Å². The molecule has 1 fully saturated rings. The molecule has 3 N–H and O–H groups in total. The van der Waals surface area contributed by atoms with E-state index in [0.29, 0.717) is 5.25 Å². The van der Waals surface area contributed by atoms with Crippen LogP contribution in [0, 0.1) is 0 Å². The Morgan fingerprint density at radius 3 is 2.89 bits per heavy atom. The number of primary amides is 1. The van der Waals surface area contributed by atoms with E-state index < -0.39 is 5.54 Å². The summed E-state index contributed by atoms with van der Waals surface area (Å²) in [6, 6.07) is 7.82. The van der Waals surface area contributed by atoms with Crippen molar-refractivity contribution in [2.75, 3.05) is 7.05 Å². The van der Waals surface area contributed by atoms with Crippen LogP contribution < -0.4 is 11.1 Å². The molecular weight excluding hydrogens is 280 g/mol. The highest BCUT2D eigenvalue weighted by Crippen LogP contribution is 2.40. The molecule has 0 radical (unpaired) electrons. The quantitative estimate of drug-likeness (QED) is 0.899. The van der Waals surface area contributed by atoms with Gasteiger partial charge in [-0.3, -0.25) is 4.79 Å². The number of halogens is 1. The van der Waals surface area contributed by atoms with Crippen LogP contribution in [0.5, 0.6) is 0 Å². The smallest absolute Gasteiger partial charge is 0.237 e. The van der Waals surface area contributed by atoms with Crippen molar-refractivity contribution in [2.45, 2.75) is 41.4 Å². The topological polar surface area (TPSA) is 55.1 Å². The van der Waals surface area contributed by atoms with Crippen LogP contribution in [0.3, 0.4) is 0 Å². The predicted molar refractivity (Wildman–Crippen MR) is 80.6 cm³/mol. The first kappa shape index (κ1) is 14.7. The summed E-state index contributed by atoms with van der Waals surface area (Å²) in [6.45, 7) is 0. The third kappa shape index (κ3) is 3.25. The van der Waals surface area contributed by atoms with Gasteiger partial charge in [-0.15, -0.1) is 11.8 Å². The number of carbonyl (C=O) groups is 1. The molecule has 1 aromatic rings. The number of nitrogens with two attached hydrogens (primary N) is 1. The molecule has 0 spiro atoms. The Labute approximate surface area is 123 Å². The van der Waals surface area contributed by atoms with E-state index in [1.807, 2.05) is 31.3 Å². The minimum atomic E-state index is -0.558. The van der Waals surface area contributed by atoms with E-state index in [4.69, 9.17) is 17.3 Å². The van der Waals surface area contributed by atoms with E-state index in [1.54, 1.807) is 11.8 Å². The molecule has 0 bridgehead atoms. The average Bonchev–Trinajstić information content (AvgIpc) is 2.41. The van der Waals surface area contributed by atoms with E-state index in [-0.39, 0.29) is 5.91 Å². The fraction of sp³-hybridized carbons (Fsp3) is 0.500. The summed E-state index contributed by atoms with van der Waals surface area (Å²) in [7, 11) is 1.81. The molecule has 2 rings (SSSR count). The zero-order valence-electron chi connectivity index (χ0n) is 11.0. The summed E-state index contributed by atoms with van der Waals surface area (Å²) < 4.78 is 0. The van der Waals surface area contributed by atoms with Crippen LogP contribution in [-0.2, 0) is 4.79 Å². The lowest BCUT2D eigenvalue weighted by molar-refractivity contribution is -0.125. The summed E-state index contributed by atoms with van der Waals surface area (Å²) in [5.41, 5.74) is 5.00. The molecule has 104 valence electrons. The Morgan fingerprint density at radius 1 is 1.53 bits per heavy atom. The zero-order chi connectivity index (χ0) is 13.9.